The quantitative estimate of drug-likeness (QED) is 0.291. The molecule has 0 bridgehead atoms. The predicted octanol–water partition coefficient (Wildman–Crippen LogP) is 5.35. The molecule has 5 rings (SSSR count). The van der Waals surface area contributed by atoms with Gasteiger partial charge in [0.15, 0.2) is 9.84 Å². The number of aliphatic imine (C=N–C) groups is 1. The summed E-state index contributed by atoms with van der Waals surface area (Å²) in [4.78, 5) is 25.7. The van der Waals surface area contributed by atoms with Crippen LogP contribution in [0.25, 0.3) is 10.6 Å². The van der Waals surface area contributed by atoms with Crippen molar-refractivity contribution >= 4 is 49.7 Å². The summed E-state index contributed by atoms with van der Waals surface area (Å²) < 4.78 is 57.7. The lowest BCUT2D eigenvalue weighted by Crippen LogP contribution is -2.11. The molecule has 39 heavy (non-hydrogen) atoms. The number of ketones is 1. The van der Waals surface area contributed by atoms with Gasteiger partial charge in [0.1, 0.15) is 16.5 Å². The van der Waals surface area contributed by atoms with Gasteiger partial charge in [0, 0.05) is 49.7 Å². The number of nitrogens with one attached hydrogen (secondary N) is 1. The number of pyridine rings is 1. The Morgan fingerprint density at radius 3 is 2.67 bits per heavy atom. The van der Waals surface area contributed by atoms with Crippen LogP contribution in [0, 0.1) is 5.92 Å². The number of benzene rings is 1. The molecule has 2 aromatic heterocycles. The van der Waals surface area contributed by atoms with Crippen molar-refractivity contribution in [1.29, 1.82) is 0 Å². The van der Waals surface area contributed by atoms with E-state index in [-0.39, 0.29) is 46.5 Å². The summed E-state index contributed by atoms with van der Waals surface area (Å²) in [5, 5.41) is 5.74. The van der Waals surface area contributed by atoms with Crippen LogP contribution in [0.4, 0.5) is 25.8 Å². The van der Waals surface area contributed by atoms with Gasteiger partial charge in [-0.1, -0.05) is 0 Å². The average Bonchev–Trinajstić information content (AvgIpc) is 3.47. The van der Waals surface area contributed by atoms with E-state index in [1.807, 2.05) is 5.38 Å². The second-order valence-electron chi connectivity index (χ2n) is 9.80. The third kappa shape index (κ3) is 6.39. The second kappa shape index (κ2) is 11.2. The maximum absolute atomic E-state index is 13.5. The smallest absolute Gasteiger partial charge is 0.277 e. The number of rotatable bonds is 12. The zero-order chi connectivity index (χ0) is 27.7. The van der Waals surface area contributed by atoms with Crippen LogP contribution in [0.2, 0.25) is 0 Å². The number of hydrogen-bond donors (Lipinski definition) is 1. The number of carbonyl (C=O) groups excluding carboxylic acids is 1. The van der Waals surface area contributed by atoms with E-state index in [2.05, 4.69) is 20.3 Å². The van der Waals surface area contributed by atoms with Crippen LogP contribution in [0.3, 0.4) is 0 Å². The number of carbonyl (C=O) groups is 1. The lowest BCUT2D eigenvalue weighted by atomic mass is 10.1. The van der Waals surface area contributed by atoms with E-state index in [1.54, 1.807) is 31.4 Å². The number of sulfone groups is 1. The van der Waals surface area contributed by atoms with Gasteiger partial charge in [-0.25, -0.2) is 27.2 Å². The fraction of sp³-hybridized carbons (Fsp3) is 0.407. The first-order valence-electron chi connectivity index (χ1n) is 12.6. The number of ether oxygens (including phenoxy) is 1. The summed E-state index contributed by atoms with van der Waals surface area (Å²) in [6.07, 6.45) is 1.62. The predicted molar refractivity (Wildman–Crippen MR) is 147 cm³/mol. The zero-order valence-electron chi connectivity index (χ0n) is 21.5. The number of fused-ring (bicyclic) bond motifs is 1. The third-order valence-electron chi connectivity index (χ3n) is 6.59. The number of nitrogens with zero attached hydrogens (tertiary/aromatic N) is 3. The fourth-order valence-corrected chi connectivity index (χ4v) is 6.16. The monoisotopic (exact) mass is 574 g/mol. The summed E-state index contributed by atoms with van der Waals surface area (Å²) in [5.74, 6) is 0.0905. The number of methoxy groups -OCH3 is 1. The van der Waals surface area contributed by atoms with Gasteiger partial charge < -0.3 is 10.1 Å². The van der Waals surface area contributed by atoms with Gasteiger partial charge in [-0.05, 0) is 49.9 Å². The minimum Gasteiger partial charge on any atom is -0.385 e. The van der Waals surface area contributed by atoms with Crippen molar-refractivity contribution in [3.05, 3.63) is 46.7 Å². The first-order chi connectivity index (χ1) is 18.6. The Kier molecular flexibility index (Phi) is 7.88. The molecule has 1 N–H and O–H groups in total. The molecule has 1 aromatic carbocycles. The topological polar surface area (TPSA) is 111 Å². The highest BCUT2D eigenvalue weighted by atomic mass is 32.2. The summed E-state index contributed by atoms with van der Waals surface area (Å²) in [6, 6.07) is 6.56. The van der Waals surface area contributed by atoms with Gasteiger partial charge in [-0.15, -0.1) is 11.3 Å². The second-order valence-corrected chi connectivity index (χ2v) is 12.6. The molecule has 0 amide bonds. The zero-order valence-corrected chi connectivity index (χ0v) is 23.2. The van der Waals surface area contributed by atoms with E-state index in [9.17, 15) is 22.0 Å². The number of Topliss-reactive ketones (excluding diaryl/α,β-unsaturated/α-hetero) is 1. The summed E-state index contributed by atoms with van der Waals surface area (Å²) in [6.45, 7) is 0.628. The van der Waals surface area contributed by atoms with Crippen LogP contribution >= 0.6 is 11.3 Å². The molecule has 0 saturated heterocycles. The summed E-state index contributed by atoms with van der Waals surface area (Å²) in [5.41, 5.74) is 2.87. The lowest BCUT2D eigenvalue weighted by Gasteiger charge is -2.15. The maximum atomic E-state index is 13.5. The van der Waals surface area contributed by atoms with Crippen molar-refractivity contribution in [2.45, 2.75) is 49.8 Å². The molecule has 0 radical (unpaired) electrons. The fourth-order valence-electron chi connectivity index (χ4n) is 4.45. The van der Waals surface area contributed by atoms with Crippen LogP contribution in [0.15, 0.2) is 39.5 Å². The standard InChI is InChI=1S/C27H28F2N4O4S2/c1-37-9-3-4-17-14-38-27(31-17)16-7-8-19(24(10-16)39(2,35)36)32-20-11-18(12-23(34)15-5-6-15)30-21-13-22(26(28)29)33-25(20)21/h7-8,10-11,14-15,26H,3-6,9,12-13H2,1-2H3,(H,30,32). The molecule has 1 fully saturated rings. The highest BCUT2D eigenvalue weighted by Gasteiger charge is 2.31. The molecule has 3 heterocycles. The van der Waals surface area contributed by atoms with Crippen molar-refractivity contribution in [3.8, 4) is 10.6 Å². The van der Waals surface area contributed by atoms with E-state index < -0.39 is 16.3 Å². The number of halogens is 2. The molecule has 3 aromatic rings. The molecule has 0 unspecified atom stereocenters. The molecule has 1 saturated carbocycles. The highest BCUT2D eigenvalue weighted by Crippen LogP contribution is 2.40. The largest absolute Gasteiger partial charge is 0.385 e. The molecule has 206 valence electrons. The number of thiazole rings is 1. The summed E-state index contributed by atoms with van der Waals surface area (Å²) in [7, 11) is -2.05. The third-order valence-corrected chi connectivity index (χ3v) is 8.67. The number of alkyl halides is 2. The van der Waals surface area contributed by atoms with Crippen molar-refractivity contribution in [2.75, 3.05) is 25.3 Å². The molecule has 0 spiro atoms. The van der Waals surface area contributed by atoms with Crippen molar-refractivity contribution < 1.29 is 26.7 Å². The van der Waals surface area contributed by atoms with Crippen molar-refractivity contribution in [2.24, 2.45) is 10.9 Å². The molecule has 1 aliphatic carbocycles. The van der Waals surface area contributed by atoms with E-state index in [4.69, 9.17) is 4.74 Å². The molecule has 0 atom stereocenters. The van der Waals surface area contributed by atoms with Crippen LogP contribution in [-0.2, 0) is 38.6 Å². The van der Waals surface area contributed by atoms with E-state index in [0.717, 1.165) is 37.6 Å². The molecule has 2 aliphatic rings. The Labute approximate surface area is 229 Å². The van der Waals surface area contributed by atoms with E-state index in [1.165, 1.54) is 11.3 Å². The first kappa shape index (κ1) is 27.5. The molecule has 1 aliphatic heterocycles. The van der Waals surface area contributed by atoms with Crippen molar-refractivity contribution in [1.82, 2.24) is 9.97 Å². The van der Waals surface area contributed by atoms with E-state index >= 15 is 0 Å². The number of aryl methyl sites for hydroxylation is 1. The maximum Gasteiger partial charge on any atom is 0.277 e. The van der Waals surface area contributed by atoms with Gasteiger partial charge in [0.25, 0.3) is 6.43 Å². The van der Waals surface area contributed by atoms with E-state index in [0.29, 0.717) is 34.3 Å². The Bertz CT molecular complexity index is 1550. The van der Waals surface area contributed by atoms with Gasteiger partial charge in [0.2, 0.25) is 0 Å². The average molecular weight is 575 g/mol. The summed E-state index contributed by atoms with van der Waals surface area (Å²) >= 11 is 1.43. The normalized spacial score (nSPS) is 14.9. The Morgan fingerprint density at radius 2 is 1.97 bits per heavy atom. The van der Waals surface area contributed by atoms with Gasteiger partial charge >= 0.3 is 0 Å². The molecular weight excluding hydrogens is 546 g/mol. The minimum atomic E-state index is -3.69. The van der Waals surface area contributed by atoms with Gasteiger partial charge in [-0.3, -0.25) is 9.78 Å². The number of anilines is 2. The van der Waals surface area contributed by atoms with Crippen LogP contribution in [0.5, 0.6) is 0 Å². The SMILES string of the molecule is COCCCc1csc(-c2ccc(Nc3cc(CC(=O)C4CC4)nc4c3N=C(C(F)F)C4)c(S(C)(=O)=O)c2)n1. The molecule has 8 nitrogen and oxygen atoms in total. The lowest BCUT2D eigenvalue weighted by molar-refractivity contribution is -0.119. The Hall–Kier alpha value is -3.09. The minimum absolute atomic E-state index is 0.0278. The first-order valence-corrected chi connectivity index (χ1v) is 15.4. The van der Waals surface area contributed by atoms with Crippen LogP contribution in [-0.4, -0.2) is 56.3 Å². The highest BCUT2D eigenvalue weighted by molar-refractivity contribution is 7.90. The number of aromatic nitrogens is 2. The molecular formula is C27H28F2N4O4S2. The van der Waals surface area contributed by atoms with Gasteiger partial charge in [0.05, 0.1) is 39.1 Å². The van der Waals surface area contributed by atoms with Crippen molar-refractivity contribution in [3.63, 3.8) is 0 Å². The molecule has 12 heteroatoms. The van der Waals surface area contributed by atoms with Crippen LogP contribution < -0.4 is 5.32 Å². The Morgan fingerprint density at radius 1 is 1.18 bits per heavy atom. The number of hydrogen-bond acceptors (Lipinski definition) is 9. The van der Waals surface area contributed by atoms with Gasteiger partial charge in [-0.2, -0.15) is 0 Å². The Balaban J connectivity index is 1.49. The van der Waals surface area contributed by atoms with Crippen LogP contribution in [0.1, 0.15) is 36.3 Å².